The maximum atomic E-state index is 6.02. The maximum absolute atomic E-state index is 6.02. The number of rotatable bonds is 5. The van der Waals surface area contributed by atoms with E-state index in [1.165, 1.54) is 51.4 Å². The summed E-state index contributed by atoms with van der Waals surface area (Å²) in [5, 5.41) is 3.41. The van der Waals surface area contributed by atoms with Crippen LogP contribution in [0.25, 0.3) is 0 Å². The highest BCUT2D eigenvalue weighted by atomic mass is 15.2. The van der Waals surface area contributed by atoms with Gasteiger partial charge in [0.1, 0.15) is 0 Å². The third-order valence-corrected chi connectivity index (χ3v) is 4.55. The summed E-state index contributed by atoms with van der Waals surface area (Å²) in [6, 6.07) is 1.82. The molecule has 1 unspecified atom stereocenters. The minimum atomic E-state index is 0.488. The van der Waals surface area contributed by atoms with E-state index in [9.17, 15) is 0 Å². The summed E-state index contributed by atoms with van der Waals surface area (Å²) >= 11 is 0. The van der Waals surface area contributed by atoms with Crippen LogP contribution in [0.5, 0.6) is 0 Å². The van der Waals surface area contributed by atoms with E-state index in [1.807, 2.05) is 0 Å². The van der Waals surface area contributed by atoms with Crippen molar-refractivity contribution in [2.45, 2.75) is 76.4 Å². The molecule has 2 rings (SSSR count). The molecule has 2 fully saturated rings. The molecule has 0 spiro atoms. The van der Waals surface area contributed by atoms with Crippen molar-refractivity contribution in [2.24, 2.45) is 10.7 Å². The third-order valence-electron chi connectivity index (χ3n) is 4.55. The number of nitrogens with one attached hydrogen (secondary N) is 1. The lowest BCUT2D eigenvalue weighted by Gasteiger charge is -2.23. The van der Waals surface area contributed by atoms with Gasteiger partial charge in [0.25, 0.3) is 0 Å². The van der Waals surface area contributed by atoms with Crippen LogP contribution in [0, 0.1) is 0 Å². The summed E-state index contributed by atoms with van der Waals surface area (Å²) in [6.07, 6.45) is 10.6. The number of guanidine groups is 1. The van der Waals surface area contributed by atoms with E-state index in [-0.39, 0.29) is 0 Å². The molecule has 0 heterocycles. The number of nitrogens with zero attached hydrogens (tertiary/aromatic N) is 2. The first-order valence-electron chi connectivity index (χ1n) is 7.95. The zero-order valence-electron chi connectivity index (χ0n) is 12.6. The van der Waals surface area contributed by atoms with Gasteiger partial charge in [0.05, 0.1) is 6.54 Å². The van der Waals surface area contributed by atoms with E-state index in [0.717, 1.165) is 12.6 Å². The molecule has 2 saturated carbocycles. The number of likely N-dealkylation sites (N-methyl/N-ethyl adjacent to an activating group) is 1. The van der Waals surface area contributed by atoms with Crippen molar-refractivity contribution >= 4 is 5.96 Å². The van der Waals surface area contributed by atoms with Gasteiger partial charge < -0.3 is 11.1 Å². The summed E-state index contributed by atoms with van der Waals surface area (Å²) in [5.74, 6) is 0.642. The van der Waals surface area contributed by atoms with E-state index < -0.39 is 0 Å². The van der Waals surface area contributed by atoms with Gasteiger partial charge in [-0.3, -0.25) is 9.89 Å². The molecule has 2 aliphatic carbocycles. The highest BCUT2D eigenvalue weighted by Gasteiger charge is 2.28. The summed E-state index contributed by atoms with van der Waals surface area (Å²) in [6.45, 7) is 3.04. The van der Waals surface area contributed by atoms with E-state index in [4.69, 9.17) is 5.73 Å². The summed E-state index contributed by atoms with van der Waals surface area (Å²) in [4.78, 5) is 6.95. The molecule has 4 heteroatoms. The molecule has 0 radical (unpaired) electrons. The highest BCUT2D eigenvalue weighted by Crippen LogP contribution is 2.26. The Hall–Kier alpha value is -0.770. The molecule has 0 aromatic heterocycles. The predicted molar refractivity (Wildman–Crippen MR) is 81.4 cm³/mol. The Kier molecular flexibility index (Phi) is 5.49. The van der Waals surface area contributed by atoms with Gasteiger partial charge in [0, 0.05) is 18.1 Å². The summed E-state index contributed by atoms with van der Waals surface area (Å²) in [7, 11) is 2.20. The Morgan fingerprint density at radius 3 is 2.42 bits per heavy atom. The minimum absolute atomic E-state index is 0.488. The maximum Gasteiger partial charge on any atom is 0.188 e. The average Bonchev–Trinajstić information content (AvgIpc) is 3.22. The molecule has 4 nitrogen and oxygen atoms in total. The zero-order valence-corrected chi connectivity index (χ0v) is 12.6. The third kappa shape index (κ3) is 5.01. The van der Waals surface area contributed by atoms with E-state index in [1.54, 1.807) is 0 Å². The van der Waals surface area contributed by atoms with E-state index >= 15 is 0 Å². The lowest BCUT2D eigenvalue weighted by molar-refractivity contribution is 0.253. The largest absolute Gasteiger partial charge is 0.370 e. The molecule has 2 aliphatic rings. The Morgan fingerprint density at radius 2 is 1.84 bits per heavy atom. The lowest BCUT2D eigenvalue weighted by atomic mass is 10.1. The van der Waals surface area contributed by atoms with Crippen molar-refractivity contribution in [3.8, 4) is 0 Å². The Bertz CT molecular complexity index is 291. The molecule has 110 valence electrons. The van der Waals surface area contributed by atoms with E-state index in [2.05, 4.69) is 29.2 Å². The van der Waals surface area contributed by atoms with Gasteiger partial charge in [-0.1, -0.05) is 25.7 Å². The standard InChI is InChI=1S/C15H30N4/c1-12(19(2)14-9-10-14)11-17-15(16)18-13-7-5-3-4-6-8-13/h12-14H,3-11H2,1-2H3,(H3,16,17,18). The highest BCUT2D eigenvalue weighted by molar-refractivity contribution is 5.78. The minimum Gasteiger partial charge on any atom is -0.370 e. The quantitative estimate of drug-likeness (QED) is 0.455. The fourth-order valence-corrected chi connectivity index (χ4v) is 2.88. The Balaban J connectivity index is 1.71. The van der Waals surface area contributed by atoms with Crippen molar-refractivity contribution in [1.29, 1.82) is 0 Å². The second kappa shape index (κ2) is 7.13. The summed E-state index contributed by atoms with van der Waals surface area (Å²) < 4.78 is 0. The molecule has 19 heavy (non-hydrogen) atoms. The lowest BCUT2D eigenvalue weighted by Crippen LogP contribution is -2.41. The van der Waals surface area contributed by atoms with Crippen LogP contribution in [-0.4, -0.2) is 42.6 Å². The van der Waals surface area contributed by atoms with Gasteiger partial charge >= 0.3 is 0 Å². The number of aliphatic imine (C=N–C) groups is 1. The molecule has 0 aromatic rings. The first-order valence-corrected chi connectivity index (χ1v) is 7.95. The molecule has 1 atom stereocenters. The van der Waals surface area contributed by atoms with Gasteiger partial charge in [0.2, 0.25) is 0 Å². The van der Waals surface area contributed by atoms with Crippen LogP contribution in [0.15, 0.2) is 4.99 Å². The number of hydrogen-bond acceptors (Lipinski definition) is 2. The van der Waals surface area contributed by atoms with Crippen LogP contribution >= 0.6 is 0 Å². The smallest absolute Gasteiger partial charge is 0.188 e. The fourth-order valence-electron chi connectivity index (χ4n) is 2.88. The zero-order chi connectivity index (χ0) is 13.7. The van der Waals surface area contributed by atoms with Crippen LogP contribution in [0.2, 0.25) is 0 Å². The van der Waals surface area contributed by atoms with E-state index in [0.29, 0.717) is 18.0 Å². The Labute approximate surface area is 117 Å². The average molecular weight is 266 g/mol. The Morgan fingerprint density at radius 1 is 1.21 bits per heavy atom. The van der Waals surface area contributed by atoms with Crippen LogP contribution in [0.4, 0.5) is 0 Å². The first kappa shape index (κ1) is 14.6. The van der Waals surface area contributed by atoms with Crippen LogP contribution in [-0.2, 0) is 0 Å². The van der Waals surface area contributed by atoms with Gasteiger partial charge in [-0.2, -0.15) is 0 Å². The first-order chi connectivity index (χ1) is 9.16. The molecule has 3 N–H and O–H groups in total. The monoisotopic (exact) mass is 266 g/mol. The second-order valence-electron chi connectivity index (χ2n) is 6.30. The fraction of sp³-hybridized carbons (Fsp3) is 0.933. The number of nitrogens with two attached hydrogens (primary N) is 1. The predicted octanol–water partition coefficient (Wildman–Crippen LogP) is 2.10. The van der Waals surface area contributed by atoms with Gasteiger partial charge in [-0.25, -0.2) is 0 Å². The van der Waals surface area contributed by atoms with Crippen molar-refractivity contribution in [3.63, 3.8) is 0 Å². The van der Waals surface area contributed by atoms with Gasteiger partial charge in [0.15, 0.2) is 5.96 Å². The van der Waals surface area contributed by atoms with Crippen molar-refractivity contribution in [2.75, 3.05) is 13.6 Å². The second-order valence-corrected chi connectivity index (χ2v) is 6.30. The summed E-state index contributed by atoms with van der Waals surface area (Å²) in [5.41, 5.74) is 6.02. The number of hydrogen-bond donors (Lipinski definition) is 2. The van der Waals surface area contributed by atoms with Crippen molar-refractivity contribution < 1.29 is 0 Å². The van der Waals surface area contributed by atoms with Crippen LogP contribution in [0.1, 0.15) is 58.3 Å². The molecule has 0 bridgehead atoms. The molecular formula is C15H30N4. The van der Waals surface area contributed by atoms with Crippen molar-refractivity contribution in [1.82, 2.24) is 10.2 Å². The van der Waals surface area contributed by atoms with Crippen LogP contribution < -0.4 is 11.1 Å². The normalized spacial score (nSPS) is 24.3. The molecule has 0 aliphatic heterocycles. The molecular weight excluding hydrogens is 236 g/mol. The van der Waals surface area contributed by atoms with Crippen molar-refractivity contribution in [3.05, 3.63) is 0 Å². The van der Waals surface area contributed by atoms with Gasteiger partial charge in [-0.15, -0.1) is 0 Å². The van der Waals surface area contributed by atoms with Crippen LogP contribution in [0.3, 0.4) is 0 Å². The topological polar surface area (TPSA) is 53.6 Å². The SMILES string of the molecule is CC(CN=C(N)NC1CCCCCC1)N(C)C1CC1. The molecule has 0 saturated heterocycles. The molecule has 0 aromatic carbocycles. The molecule has 0 amide bonds. The van der Waals surface area contributed by atoms with Gasteiger partial charge in [-0.05, 0) is 39.7 Å².